The molecule has 26 heavy (non-hydrogen) atoms. The summed E-state index contributed by atoms with van der Waals surface area (Å²) in [6.45, 7) is 1.52. The summed E-state index contributed by atoms with van der Waals surface area (Å²) in [5.41, 5.74) is 0.819. The quantitative estimate of drug-likeness (QED) is 0.701. The van der Waals surface area contributed by atoms with E-state index in [4.69, 9.17) is 8.94 Å². The van der Waals surface area contributed by atoms with Crippen molar-refractivity contribution in [3.63, 3.8) is 0 Å². The van der Waals surface area contributed by atoms with Gasteiger partial charge in [-0.2, -0.15) is 4.98 Å². The molecule has 0 bridgehead atoms. The van der Waals surface area contributed by atoms with Gasteiger partial charge in [0.25, 0.3) is 11.8 Å². The number of piperidine rings is 1. The van der Waals surface area contributed by atoms with Crippen molar-refractivity contribution in [1.29, 1.82) is 0 Å². The Labute approximate surface area is 151 Å². The summed E-state index contributed by atoms with van der Waals surface area (Å²) < 4.78 is 10.5. The van der Waals surface area contributed by atoms with Gasteiger partial charge in [-0.3, -0.25) is 9.78 Å². The Morgan fingerprint density at radius 3 is 3.08 bits per heavy atom. The maximum Gasteiger partial charge on any atom is 0.289 e. The number of hydrogen-bond donors (Lipinski definition) is 0. The van der Waals surface area contributed by atoms with Gasteiger partial charge in [0.2, 0.25) is 0 Å². The van der Waals surface area contributed by atoms with Crippen LogP contribution in [0.4, 0.5) is 0 Å². The molecule has 3 aromatic heterocycles. The smallest absolute Gasteiger partial charge is 0.289 e. The molecule has 4 heterocycles. The maximum absolute atomic E-state index is 12.4. The molecule has 0 spiro atoms. The van der Waals surface area contributed by atoms with E-state index in [0.29, 0.717) is 23.4 Å². The van der Waals surface area contributed by atoms with Gasteiger partial charge in [-0.25, -0.2) is 0 Å². The summed E-state index contributed by atoms with van der Waals surface area (Å²) in [6.07, 6.45) is 8.71. The van der Waals surface area contributed by atoms with E-state index in [-0.39, 0.29) is 5.91 Å². The first-order valence-corrected chi connectivity index (χ1v) is 8.85. The second-order valence-corrected chi connectivity index (χ2v) is 6.53. The van der Waals surface area contributed by atoms with Crippen molar-refractivity contribution < 1.29 is 13.7 Å². The molecule has 1 unspecified atom stereocenters. The lowest BCUT2D eigenvalue weighted by Crippen LogP contribution is -2.39. The number of rotatable bonds is 5. The van der Waals surface area contributed by atoms with Crippen LogP contribution in [-0.4, -0.2) is 39.0 Å². The third kappa shape index (κ3) is 3.66. The Balaban J connectivity index is 1.33. The maximum atomic E-state index is 12.4. The van der Waals surface area contributed by atoms with Gasteiger partial charge in [0, 0.05) is 31.9 Å². The van der Waals surface area contributed by atoms with Crippen LogP contribution in [0.3, 0.4) is 0 Å². The zero-order valence-corrected chi connectivity index (χ0v) is 14.4. The summed E-state index contributed by atoms with van der Waals surface area (Å²) in [4.78, 5) is 22.8. The molecule has 1 aliphatic rings. The van der Waals surface area contributed by atoms with Gasteiger partial charge in [0.1, 0.15) is 0 Å². The molecule has 134 valence electrons. The number of nitrogens with zero attached hydrogens (tertiary/aromatic N) is 4. The number of carbonyl (C=O) groups excluding carboxylic acids is 1. The Morgan fingerprint density at radius 2 is 2.27 bits per heavy atom. The molecule has 4 rings (SSSR count). The van der Waals surface area contributed by atoms with Crippen LogP contribution in [0.15, 0.2) is 51.9 Å². The molecule has 1 amide bonds. The molecule has 1 saturated heterocycles. The van der Waals surface area contributed by atoms with Crippen molar-refractivity contribution in [2.24, 2.45) is 5.92 Å². The highest BCUT2D eigenvalue weighted by molar-refractivity contribution is 5.91. The second-order valence-electron chi connectivity index (χ2n) is 6.53. The van der Waals surface area contributed by atoms with E-state index >= 15 is 0 Å². The Hall–Kier alpha value is -2.96. The fraction of sp³-hybridized carbons (Fsp3) is 0.368. The van der Waals surface area contributed by atoms with Crippen molar-refractivity contribution in [3.05, 3.63) is 54.5 Å². The van der Waals surface area contributed by atoms with Gasteiger partial charge in [0.05, 0.1) is 11.8 Å². The zero-order valence-electron chi connectivity index (χ0n) is 14.4. The first-order chi connectivity index (χ1) is 12.8. The molecule has 0 aliphatic carbocycles. The molecule has 1 atom stereocenters. The lowest BCUT2D eigenvalue weighted by molar-refractivity contribution is 0.0636. The largest absolute Gasteiger partial charge is 0.459 e. The van der Waals surface area contributed by atoms with E-state index in [0.717, 1.165) is 44.3 Å². The van der Waals surface area contributed by atoms with Crippen LogP contribution in [0.25, 0.3) is 11.5 Å². The fourth-order valence-electron chi connectivity index (χ4n) is 3.34. The monoisotopic (exact) mass is 352 g/mol. The van der Waals surface area contributed by atoms with E-state index in [1.54, 1.807) is 24.5 Å². The average molecular weight is 352 g/mol. The molecule has 1 fully saturated rings. The second kappa shape index (κ2) is 7.51. The number of likely N-dealkylation sites (tertiary alicyclic amines) is 1. The van der Waals surface area contributed by atoms with Crippen molar-refractivity contribution in [2.75, 3.05) is 13.1 Å². The molecular weight excluding hydrogens is 332 g/mol. The van der Waals surface area contributed by atoms with Crippen LogP contribution >= 0.6 is 0 Å². The van der Waals surface area contributed by atoms with E-state index in [1.165, 1.54) is 6.26 Å². The van der Waals surface area contributed by atoms with Crippen LogP contribution in [0.5, 0.6) is 0 Å². The highest BCUT2D eigenvalue weighted by Gasteiger charge is 2.26. The number of aromatic nitrogens is 3. The summed E-state index contributed by atoms with van der Waals surface area (Å²) in [7, 11) is 0. The van der Waals surface area contributed by atoms with E-state index in [9.17, 15) is 4.79 Å². The highest BCUT2D eigenvalue weighted by Crippen LogP contribution is 2.23. The molecule has 1 aliphatic heterocycles. The summed E-state index contributed by atoms with van der Waals surface area (Å²) in [6, 6.07) is 7.19. The Morgan fingerprint density at radius 1 is 1.31 bits per heavy atom. The fourth-order valence-corrected chi connectivity index (χ4v) is 3.34. The minimum Gasteiger partial charge on any atom is -0.459 e. The van der Waals surface area contributed by atoms with Crippen LogP contribution in [-0.2, 0) is 6.42 Å². The predicted octanol–water partition coefficient (Wildman–Crippen LogP) is 3.21. The summed E-state index contributed by atoms with van der Waals surface area (Å²) >= 11 is 0. The van der Waals surface area contributed by atoms with E-state index in [1.807, 2.05) is 17.0 Å². The molecule has 3 aromatic rings. The number of furan rings is 1. The van der Waals surface area contributed by atoms with Gasteiger partial charge >= 0.3 is 0 Å². The molecule has 0 aromatic carbocycles. The van der Waals surface area contributed by atoms with Crippen LogP contribution in [0.1, 0.15) is 35.6 Å². The molecule has 0 saturated carbocycles. The lowest BCUT2D eigenvalue weighted by atomic mass is 9.93. The van der Waals surface area contributed by atoms with Crippen LogP contribution < -0.4 is 0 Å². The van der Waals surface area contributed by atoms with E-state index < -0.39 is 0 Å². The minimum atomic E-state index is -0.0295. The SMILES string of the molecule is O=C(c1ccco1)N1CCCC(CCc2noc(-c3cccnc3)n2)C1. The Bertz CT molecular complexity index is 845. The average Bonchev–Trinajstić information content (AvgIpc) is 3.39. The minimum absolute atomic E-state index is 0.0295. The zero-order chi connectivity index (χ0) is 17.8. The third-order valence-electron chi connectivity index (χ3n) is 4.69. The molecule has 0 N–H and O–H groups in total. The van der Waals surface area contributed by atoms with Gasteiger partial charge in [-0.05, 0) is 49.4 Å². The Kier molecular flexibility index (Phi) is 4.77. The molecular formula is C19H20N4O3. The topological polar surface area (TPSA) is 85.3 Å². The number of amides is 1. The van der Waals surface area contributed by atoms with E-state index in [2.05, 4.69) is 15.1 Å². The molecule has 7 nitrogen and oxygen atoms in total. The van der Waals surface area contributed by atoms with Gasteiger partial charge in [-0.1, -0.05) is 5.16 Å². The molecule has 7 heteroatoms. The van der Waals surface area contributed by atoms with Gasteiger partial charge < -0.3 is 13.8 Å². The highest BCUT2D eigenvalue weighted by atomic mass is 16.5. The van der Waals surface area contributed by atoms with Crippen LogP contribution in [0.2, 0.25) is 0 Å². The van der Waals surface area contributed by atoms with Crippen molar-refractivity contribution >= 4 is 5.91 Å². The van der Waals surface area contributed by atoms with Crippen molar-refractivity contribution in [1.82, 2.24) is 20.0 Å². The molecule has 0 radical (unpaired) electrons. The first kappa shape index (κ1) is 16.5. The predicted molar refractivity (Wildman–Crippen MR) is 93.2 cm³/mol. The van der Waals surface area contributed by atoms with Crippen molar-refractivity contribution in [3.8, 4) is 11.5 Å². The summed E-state index contributed by atoms with van der Waals surface area (Å²) in [5.74, 6) is 2.00. The summed E-state index contributed by atoms with van der Waals surface area (Å²) in [5, 5.41) is 4.06. The van der Waals surface area contributed by atoms with Crippen molar-refractivity contribution in [2.45, 2.75) is 25.7 Å². The normalized spacial score (nSPS) is 17.4. The van der Waals surface area contributed by atoms with Gasteiger partial charge in [-0.15, -0.1) is 0 Å². The number of aryl methyl sites for hydroxylation is 1. The van der Waals surface area contributed by atoms with Crippen LogP contribution in [0, 0.1) is 5.92 Å². The first-order valence-electron chi connectivity index (χ1n) is 8.85. The number of hydrogen-bond acceptors (Lipinski definition) is 6. The standard InChI is InChI=1S/C19H20N4O3/c24-19(16-6-3-11-25-16)23-10-2-4-14(13-23)7-8-17-21-18(26-22-17)15-5-1-9-20-12-15/h1,3,5-6,9,11-12,14H,2,4,7-8,10,13H2. The third-order valence-corrected chi connectivity index (χ3v) is 4.69. The lowest BCUT2D eigenvalue weighted by Gasteiger charge is -2.32. The number of carbonyl (C=O) groups is 1. The van der Waals surface area contributed by atoms with Gasteiger partial charge in [0.15, 0.2) is 11.6 Å². The number of pyridine rings is 1.